The summed E-state index contributed by atoms with van der Waals surface area (Å²) < 4.78 is 2.10. The zero-order valence-electron chi connectivity index (χ0n) is 12.1. The lowest BCUT2D eigenvalue weighted by molar-refractivity contribution is 0.826. The SMILES string of the molecule is Cc1ccccc1C(C)Nc1nc2ccccc2n1C. The highest BCUT2D eigenvalue weighted by Crippen LogP contribution is 2.24. The van der Waals surface area contributed by atoms with E-state index in [1.54, 1.807) is 0 Å². The molecule has 2 aromatic carbocycles. The summed E-state index contributed by atoms with van der Waals surface area (Å²) in [5.74, 6) is 0.905. The summed E-state index contributed by atoms with van der Waals surface area (Å²) in [5.41, 5.74) is 4.77. The van der Waals surface area contributed by atoms with Crippen LogP contribution in [0.1, 0.15) is 24.1 Å². The Bertz CT molecular complexity index is 743. The fourth-order valence-electron chi connectivity index (χ4n) is 2.62. The van der Waals surface area contributed by atoms with Crippen LogP contribution in [0.4, 0.5) is 5.95 Å². The van der Waals surface area contributed by atoms with Gasteiger partial charge in [-0.1, -0.05) is 36.4 Å². The molecule has 3 nitrogen and oxygen atoms in total. The van der Waals surface area contributed by atoms with Crippen molar-refractivity contribution < 1.29 is 0 Å². The first kappa shape index (κ1) is 12.7. The fraction of sp³-hybridized carbons (Fsp3) is 0.235. The van der Waals surface area contributed by atoms with Crippen molar-refractivity contribution in [1.82, 2.24) is 9.55 Å². The van der Waals surface area contributed by atoms with Gasteiger partial charge in [0.15, 0.2) is 0 Å². The van der Waals surface area contributed by atoms with Gasteiger partial charge in [-0.15, -0.1) is 0 Å². The van der Waals surface area contributed by atoms with Crippen LogP contribution in [-0.2, 0) is 7.05 Å². The van der Waals surface area contributed by atoms with Crippen molar-refractivity contribution in [3.05, 3.63) is 59.7 Å². The maximum absolute atomic E-state index is 4.66. The van der Waals surface area contributed by atoms with Crippen LogP contribution >= 0.6 is 0 Å². The highest BCUT2D eigenvalue weighted by atomic mass is 15.2. The molecule has 0 spiro atoms. The molecule has 102 valence electrons. The monoisotopic (exact) mass is 265 g/mol. The zero-order chi connectivity index (χ0) is 14.1. The van der Waals surface area contributed by atoms with Crippen LogP contribution in [0.3, 0.4) is 0 Å². The highest BCUT2D eigenvalue weighted by molar-refractivity contribution is 5.78. The molecule has 3 aromatic rings. The van der Waals surface area contributed by atoms with Gasteiger partial charge in [-0.05, 0) is 37.1 Å². The van der Waals surface area contributed by atoms with Gasteiger partial charge in [-0.2, -0.15) is 0 Å². The Morgan fingerprint density at radius 3 is 2.50 bits per heavy atom. The molecule has 0 aliphatic heterocycles. The van der Waals surface area contributed by atoms with Crippen molar-refractivity contribution in [2.24, 2.45) is 7.05 Å². The predicted octanol–water partition coefficient (Wildman–Crippen LogP) is 4.05. The van der Waals surface area contributed by atoms with E-state index in [0.717, 1.165) is 17.0 Å². The highest BCUT2D eigenvalue weighted by Gasteiger charge is 2.12. The molecule has 1 atom stereocenters. The Balaban J connectivity index is 1.93. The van der Waals surface area contributed by atoms with Crippen molar-refractivity contribution >= 4 is 17.0 Å². The van der Waals surface area contributed by atoms with Crippen LogP contribution in [0.5, 0.6) is 0 Å². The van der Waals surface area contributed by atoms with E-state index >= 15 is 0 Å². The summed E-state index contributed by atoms with van der Waals surface area (Å²) >= 11 is 0. The number of imidazole rings is 1. The lowest BCUT2D eigenvalue weighted by Crippen LogP contribution is -2.11. The number of benzene rings is 2. The van der Waals surface area contributed by atoms with Gasteiger partial charge in [0.25, 0.3) is 0 Å². The van der Waals surface area contributed by atoms with E-state index in [4.69, 9.17) is 0 Å². The van der Waals surface area contributed by atoms with Crippen molar-refractivity contribution in [2.45, 2.75) is 19.9 Å². The zero-order valence-corrected chi connectivity index (χ0v) is 12.1. The largest absolute Gasteiger partial charge is 0.349 e. The van der Waals surface area contributed by atoms with Gasteiger partial charge in [-0.25, -0.2) is 4.98 Å². The van der Waals surface area contributed by atoms with Crippen LogP contribution in [0, 0.1) is 6.92 Å². The first-order valence-electron chi connectivity index (χ1n) is 6.90. The second kappa shape index (κ2) is 5.00. The molecule has 1 N–H and O–H groups in total. The number of anilines is 1. The van der Waals surface area contributed by atoms with E-state index in [-0.39, 0.29) is 6.04 Å². The third-order valence-corrected chi connectivity index (χ3v) is 3.79. The number of fused-ring (bicyclic) bond motifs is 1. The smallest absolute Gasteiger partial charge is 0.204 e. The number of nitrogens with one attached hydrogen (secondary N) is 1. The predicted molar refractivity (Wildman–Crippen MR) is 83.9 cm³/mol. The molecule has 0 amide bonds. The number of hydrogen-bond donors (Lipinski definition) is 1. The average Bonchev–Trinajstić information content (AvgIpc) is 2.76. The molecule has 0 saturated heterocycles. The van der Waals surface area contributed by atoms with E-state index in [0.29, 0.717) is 0 Å². The number of rotatable bonds is 3. The lowest BCUT2D eigenvalue weighted by Gasteiger charge is -2.17. The Morgan fingerprint density at radius 2 is 1.75 bits per heavy atom. The minimum atomic E-state index is 0.228. The molecule has 1 heterocycles. The van der Waals surface area contributed by atoms with E-state index < -0.39 is 0 Å². The fourth-order valence-corrected chi connectivity index (χ4v) is 2.62. The second-order valence-corrected chi connectivity index (χ2v) is 5.21. The standard InChI is InChI=1S/C17H19N3/c1-12-8-4-5-9-14(12)13(2)18-17-19-15-10-6-7-11-16(15)20(17)3/h4-11,13H,1-3H3,(H,18,19). The number of para-hydroxylation sites is 2. The van der Waals surface area contributed by atoms with Crippen molar-refractivity contribution in [3.63, 3.8) is 0 Å². The van der Waals surface area contributed by atoms with Gasteiger partial charge in [0.05, 0.1) is 17.1 Å². The molecule has 1 aromatic heterocycles. The van der Waals surface area contributed by atoms with Crippen molar-refractivity contribution in [3.8, 4) is 0 Å². The Hall–Kier alpha value is -2.29. The third-order valence-electron chi connectivity index (χ3n) is 3.79. The van der Waals surface area contributed by atoms with E-state index in [1.807, 2.05) is 25.2 Å². The van der Waals surface area contributed by atoms with Crippen LogP contribution in [0.2, 0.25) is 0 Å². The molecule has 3 rings (SSSR count). The van der Waals surface area contributed by atoms with E-state index in [9.17, 15) is 0 Å². The lowest BCUT2D eigenvalue weighted by atomic mass is 10.0. The summed E-state index contributed by atoms with van der Waals surface area (Å²) in [4.78, 5) is 4.66. The van der Waals surface area contributed by atoms with Crippen LogP contribution in [0.25, 0.3) is 11.0 Å². The number of nitrogens with zero attached hydrogens (tertiary/aromatic N) is 2. The Labute approximate surface area is 119 Å². The summed E-state index contributed by atoms with van der Waals surface area (Å²) in [6.07, 6.45) is 0. The second-order valence-electron chi connectivity index (χ2n) is 5.21. The van der Waals surface area contributed by atoms with Gasteiger partial charge >= 0.3 is 0 Å². The van der Waals surface area contributed by atoms with Crippen LogP contribution < -0.4 is 5.32 Å². The molecule has 0 radical (unpaired) electrons. The molecule has 1 unspecified atom stereocenters. The minimum absolute atomic E-state index is 0.228. The van der Waals surface area contributed by atoms with Gasteiger partial charge in [-0.3, -0.25) is 0 Å². The minimum Gasteiger partial charge on any atom is -0.349 e. The van der Waals surface area contributed by atoms with Gasteiger partial charge < -0.3 is 9.88 Å². The first-order chi connectivity index (χ1) is 9.66. The molecular formula is C17H19N3. The van der Waals surface area contributed by atoms with Gasteiger partial charge in [0, 0.05) is 7.05 Å². The van der Waals surface area contributed by atoms with Gasteiger partial charge in [0.2, 0.25) is 5.95 Å². The topological polar surface area (TPSA) is 29.9 Å². The summed E-state index contributed by atoms with van der Waals surface area (Å²) in [7, 11) is 2.04. The Kier molecular flexibility index (Phi) is 3.18. The van der Waals surface area contributed by atoms with Crippen molar-refractivity contribution in [2.75, 3.05) is 5.32 Å². The summed E-state index contributed by atoms with van der Waals surface area (Å²) in [5, 5.41) is 3.51. The van der Waals surface area contributed by atoms with E-state index in [2.05, 4.69) is 59.0 Å². The summed E-state index contributed by atoms with van der Waals surface area (Å²) in [6.45, 7) is 4.31. The molecule has 3 heteroatoms. The van der Waals surface area contributed by atoms with Gasteiger partial charge in [0.1, 0.15) is 0 Å². The maximum atomic E-state index is 4.66. The molecule has 0 aliphatic carbocycles. The Morgan fingerprint density at radius 1 is 1.05 bits per heavy atom. The molecule has 20 heavy (non-hydrogen) atoms. The van der Waals surface area contributed by atoms with Crippen molar-refractivity contribution in [1.29, 1.82) is 0 Å². The maximum Gasteiger partial charge on any atom is 0.204 e. The van der Waals surface area contributed by atoms with Crippen LogP contribution in [0.15, 0.2) is 48.5 Å². The molecule has 0 saturated carbocycles. The molecule has 0 bridgehead atoms. The first-order valence-corrected chi connectivity index (χ1v) is 6.90. The van der Waals surface area contributed by atoms with Crippen LogP contribution in [-0.4, -0.2) is 9.55 Å². The molecule has 0 aliphatic rings. The molecular weight excluding hydrogens is 246 g/mol. The third kappa shape index (κ3) is 2.16. The van der Waals surface area contributed by atoms with E-state index in [1.165, 1.54) is 11.1 Å². The number of aryl methyl sites for hydroxylation is 2. The average molecular weight is 265 g/mol. The quantitative estimate of drug-likeness (QED) is 0.774. The normalized spacial score (nSPS) is 12.6. The molecule has 0 fully saturated rings. The number of hydrogen-bond acceptors (Lipinski definition) is 2. The summed E-state index contributed by atoms with van der Waals surface area (Å²) in [6, 6.07) is 16.9. The number of aromatic nitrogens is 2.